The highest BCUT2D eigenvalue weighted by Gasteiger charge is 2.15. The average molecular weight is 192 g/mol. The molecule has 0 atom stereocenters. The second kappa shape index (κ2) is 4.33. The number of hydrogen-bond acceptors (Lipinski definition) is 3. The maximum absolute atomic E-state index is 5.57. The number of ether oxygens (including phenoxy) is 1. The molecule has 0 unspecified atom stereocenters. The van der Waals surface area contributed by atoms with Gasteiger partial charge in [0.15, 0.2) is 0 Å². The first-order valence-corrected chi connectivity index (χ1v) is 5.03. The average Bonchev–Trinajstić information content (AvgIpc) is 2.26. The molecule has 0 aliphatic carbocycles. The maximum Gasteiger partial charge on any atom is 0.142 e. The van der Waals surface area contributed by atoms with Crippen LogP contribution < -0.4 is 15.0 Å². The molecule has 0 fully saturated rings. The number of nitrogens with one attached hydrogen (secondary N) is 1. The third kappa shape index (κ3) is 1.82. The topological polar surface area (TPSA) is 24.5 Å². The highest BCUT2D eigenvalue weighted by molar-refractivity contribution is 5.59. The monoisotopic (exact) mass is 192 g/mol. The summed E-state index contributed by atoms with van der Waals surface area (Å²) in [4.78, 5) is 2.36. The number of likely N-dealkylation sites (N-methyl/N-ethyl adjacent to an activating group) is 1. The summed E-state index contributed by atoms with van der Waals surface area (Å²) in [5, 5.41) is 3.16. The van der Waals surface area contributed by atoms with Crippen molar-refractivity contribution in [1.82, 2.24) is 5.32 Å². The predicted octanol–water partition coefficient (Wildman–Crippen LogP) is 1.10. The zero-order valence-corrected chi connectivity index (χ0v) is 8.49. The van der Waals surface area contributed by atoms with Gasteiger partial charge in [-0.3, -0.25) is 0 Å². The quantitative estimate of drug-likeness (QED) is 0.776. The smallest absolute Gasteiger partial charge is 0.142 e. The first-order chi connectivity index (χ1) is 6.92. The lowest BCUT2D eigenvalue weighted by atomic mass is 10.2. The molecule has 3 heteroatoms. The molecule has 1 heterocycles. The first kappa shape index (κ1) is 9.34. The van der Waals surface area contributed by atoms with Crippen LogP contribution in [0.3, 0.4) is 0 Å². The second-order valence-corrected chi connectivity index (χ2v) is 3.41. The Kier molecular flexibility index (Phi) is 2.89. The third-order valence-electron chi connectivity index (χ3n) is 2.46. The molecular formula is C11H16N2O. The van der Waals surface area contributed by atoms with E-state index in [2.05, 4.69) is 22.3 Å². The highest BCUT2D eigenvalue weighted by atomic mass is 16.5. The second-order valence-electron chi connectivity index (χ2n) is 3.41. The van der Waals surface area contributed by atoms with Crippen LogP contribution in [0.5, 0.6) is 5.75 Å². The Morgan fingerprint density at radius 1 is 1.43 bits per heavy atom. The van der Waals surface area contributed by atoms with E-state index in [9.17, 15) is 0 Å². The van der Waals surface area contributed by atoms with Gasteiger partial charge >= 0.3 is 0 Å². The van der Waals surface area contributed by atoms with Gasteiger partial charge in [0.25, 0.3) is 0 Å². The number of anilines is 1. The van der Waals surface area contributed by atoms with Crippen LogP contribution in [0.25, 0.3) is 0 Å². The Hall–Kier alpha value is -1.22. The fourth-order valence-corrected chi connectivity index (χ4v) is 1.71. The molecule has 14 heavy (non-hydrogen) atoms. The minimum atomic E-state index is 0.792. The molecule has 0 saturated heterocycles. The van der Waals surface area contributed by atoms with Crippen molar-refractivity contribution in [3.05, 3.63) is 24.3 Å². The van der Waals surface area contributed by atoms with Gasteiger partial charge in [-0.1, -0.05) is 12.1 Å². The van der Waals surface area contributed by atoms with E-state index < -0.39 is 0 Å². The van der Waals surface area contributed by atoms with Gasteiger partial charge in [0.1, 0.15) is 12.4 Å². The fourth-order valence-electron chi connectivity index (χ4n) is 1.71. The molecule has 0 radical (unpaired) electrons. The van der Waals surface area contributed by atoms with Gasteiger partial charge in [0, 0.05) is 13.1 Å². The Morgan fingerprint density at radius 3 is 3.14 bits per heavy atom. The molecule has 1 aromatic rings. The largest absolute Gasteiger partial charge is 0.490 e. The van der Waals surface area contributed by atoms with Crippen LogP contribution in [-0.2, 0) is 0 Å². The van der Waals surface area contributed by atoms with E-state index in [0.29, 0.717) is 0 Å². The van der Waals surface area contributed by atoms with E-state index in [0.717, 1.165) is 32.0 Å². The molecule has 0 amide bonds. The SMILES string of the molecule is CNCCN1CCOc2ccccc21. The van der Waals surface area contributed by atoms with Gasteiger partial charge in [0.2, 0.25) is 0 Å². The minimum Gasteiger partial charge on any atom is -0.490 e. The number of nitrogens with zero attached hydrogens (tertiary/aromatic N) is 1. The number of rotatable bonds is 3. The number of fused-ring (bicyclic) bond motifs is 1. The summed E-state index contributed by atoms with van der Waals surface area (Å²) in [7, 11) is 1.98. The Balaban J connectivity index is 2.14. The summed E-state index contributed by atoms with van der Waals surface area (Å²) in [5.41, 5.74) is 1.22. The predicted molar refractivity (Wildman–Crippen MR) is 58.1 cm³/mol. The number of hydrogen-bond donors (Lipinski definition) is 1. The standard InChI is InChI=1S/C11H16N2O/c1-12-6-7-13-8-9-14-11-5-3-2-4-10(11)13/h2-5,12H,6-9H2,1H3. The molecule has 1 aliphatic heterocycles. The molecule has 3 nitrogen and oxygen atoms in total. The Bertz CT molecular complexity index is 301. The maximum atomic E-state index is 5.57. The highest BCUT2D eigenvalue weighted by Crippen LogP contribution is 2.30. The molecule has 0 bridgehead atoms. The van der Waals surface area contributed by atoms with Crippen molar-refractivity contribution in [1.29, 1.82) is 0 Å². The van der Waals surface area contributed by atoms with Crippen molar-refractivity contribution >= 4 is 5.69 Å². The normalized spacial score (nSPS) is 14.8. The van der Waals surface area contributed by atoms with E-state index in [4.69, 9.17) is 4.74 Å². The number of benzene rings is 1. The lowest BCUT2D eigenvalue weighted by molar-refractivity contribution is 0.307. The van der Waals surface area contributed by atoms with E-state index in [1.807, 2.05) is 19.2 Å². The van der Waals surface area contributed by atoms with E-state index in [1.54, 1.807) is 0 Å². The molecule has 1 aromatic carbocycles. The van der Waals surface area contributed by atoms with Gasteiger partial charge < -0.3 is 15.0 Å². The van der Waals surface area contributed by atoms with Gasteiger partial charge in [-0.2, -0.15) is 0 Å². The van der Waals surface area contributed by atoms with Gasteiger partial charge in [-0.15, -0.1) is 0 Å². The lowest BCUT2D eigenvalue weighted by Gasteiger charge is -2.31. The molecule has 0 spiro atoms. The van der Waals surface area contributed by atoms with Crippen molar-refractivity contribution < 1.29 is 4.74 Å². The summed E-state index contributed by atoms with van der Waals surface area (Å²) in [6.07, 6.45) is 0. The molecule has 0 saturated carbocycles. The van der Waals surface area contributed by atoms with Crippen LogP contribution in [0.4, 0.5) is 5.69 Å². The summed E-state index contributed by atoms with van der Waals surface area (Å²) < 4.78 is 5.57. The van der Waals surface area contributed by atoms with Crippen LogP contribution in [0.15, 0.2) is 24.3 Å². The van der Waals surface area contributed by atoms with Gasteiger partial charge in [-0.25, -0.2) is 0 Å². The van der Waals surface area contributed by atoms with Crippen LogP contribution in [-0.4, -0.2) is 33.3 Å². The molecular weight excluding hydrogens is 176 g/mol. The van der Waals surface area contributed by atoms with E-state index in [-0.39, 0.29) is 0 Å². The summed E-state index contributed by atoms with van der Waals surface area (Å²) in [6, 6.07) is 8.21. The number of para-hydroxylation sites is 2. The van der Waals surface area contributed by atoms with Crippen molar-refractivity contribution in [3.63, 3.8) is 0 Å². The Morgan fingerprint density at radius 2 is 2.29 bits per heavy atom. The minimum absolute atomic E-state index is 0.792. The lowest BCUT2D eigenvalue weighted by Crippen LogP contribution is -2.37. The van der Waals surface area contributed by atoms with Gasteiger partial charge in [-0.05, 0) is 19.2 Å². The van der Waals surface area contributed by atoms with E-state index in [1.165, 1.54) is 5.69 Å². The fraction of sp³-hybridized carbons (Fsp3) is 0.455. The zero-order valence-electron chi connectivity index (χ0n) is 8.49. The molecule has 1 aliphatic rings. The Labute approximate surface area is 84.7 Å². The van der Waals surface area contributed by atoms with E-state index >= 15 is 0 Å². The molecule has 76 valence electrons. The van der Waals surface area contributed by atoms with Gasteiger partial charge in [0.05, 0.1) is 12.2 Å². The van der Waals surface area contributed by atoms with Crippen molar-refractivity contribution in [2.24, 2.45) is 0 Å². The summed E-state index contributed by atoms with van der Waals surface area (Å²) >= 11 is 0. The molecule has 0 aromatic heterocycles. The van der Waals surface area contributed by atoms with Crippen LogP contribution in [0.1, 0.15) is 0 Å². The summed E-state index contributed by atoms with van der Waals surface area (Å²) in [5.74, 6) is 1.01. The van der Waals surface area contributed by atoms with Crippen molar-refractivity contribution in [3.8, 4) is 5.75 Å². The third-order valence-corrected chi connectivity index (χ3v) is 2.46. The summed E-state index contributed by atoms with van der Waals surface area (Å²) in [6.45, 7) is 3.82. The molecule has 1 N–H and O–H groups in total. The van der Waals surface area contributed by atoms with Crippen LogP contribution >= 0.6 is 0 Å². The first-order valence-electron chi connectivity index (χ1n) is 5.03. The van der Waals surface area contributed by atoms with Crippen LogP contribution in [0.2, 0.25) is 0 Å². The van der Waals surface area contributed by atoms with Crippen molar-refractivity contribution in [2.75, 3.05) is 38.2 Å². The molecule has 2 rings (SSSR count). The van der Waals surface area contributed by atoms with Crippen molar-refractivity contribution in [2.45, 2.75) is 0 Å². The van der Waals surface area contributed by atoms with Crippen LogP contribution in [0, 0.1) is 0 Å². The zero-order chi connectivity index (χ0) is 9.80.